The van der Waals surface area contributed by atoms with Crippen molar-refractivity contribution in [1.29, 1.82) is 0 Å². The molecule has 0 spiro atoms. The number of nitrogens with zero attached hydrogens (tertiary/aromatic N) is 2. The third-order valence-electron chi connectivity index (χ3n) is 8.58. The molecule has 0 aliphatic heterocycles. The minimum atomic E-state index is 1.11. The summed E-state index contributed by atoms with van der Waals surface area (Å²) in [6.07, 6.45) is 4.33. The number of para-hydroxylation sites is 2. The molecule has 46 heavy (non-hydrogen) atoms. The van der Waals surface area contributed by atoms with E-state index >= 15 is 0 Å². The number of hydrogen-bond donors (Lipinski definition) is 0. The van der Waals surface area contributed by atoms with Gasteiger partial charge in [0.25, 0.3) is 0 Å². The van der Waals surface area contributed by atoms with Crippen LogP contribution in [-0.2, 0) is 0 Å². The molecule has 2 nitrogen and oxygen atoms in total. The second kappa shape index (κ2) is 12.1. The molecule has 0 aliphatic carbocycles. The topological polar surface area (TPSA) is 8.17 Å². The molecule has 8 aromatic rings. The predicted octanol–water partition coefficient (Wildman–Crippen LogP) is 12.1. The van der Waals surface area contributed by atoms with Crippen LogP contribution in [0.3, 0.4) is 0 Å². The molecule has 1 heterocycles. The van der Waals surface area contributed by atoms with Crippen LogP contribution in [0.15, 0.2) is 182 Å². The van der Waals surface area contributed by atoms with E-state index in [1.807, 2.05) is 6.07 Å². The molecular weight excluding hydrogens is 556 g/mol. The van der Waals surface area contributed by atoms with Gasteiger partial charge in [-0.25, -0.2) is 0 Å². The van der Waals surface area contributed by atoms with E-state index in [-0.39, 0.29) is 0 Å². The Bertz CT molecular complexity index is 2260. The van der Waals surface area contributed by atoms with Crippen LogP contribution in [0.5, 0.6) is 0 Å². The fraction of sp³-hybridized carbons (Fsp3) is 0. The Morgan fingerprint density at radius 2 is 0.870 bits per heavy atom. The van der Waals surface area contributed by atoms with Crippen molar-refractivity contribution in [3.8, 4) is 16.8 Å². The zero-order valence-corrected chi connectivity index (χ0v) is 25.4. The van der Waals surface area contributed by atoms with Crippen LogP contribution in [0, 0.1) is 0 Å². The van der Waals surface area contributed by atoms with Crippen LogP contribution >= 0.6 is 0 Å². The van der Waals surface area contributed by atoms with Gasteiger partial charge < -0.3 is 9.47 Å². The van der Waals surface area contributed by atoms with Gasteiger partial charge in [0, 0.05) is 33.5 Å². The van der Waals surface area contributed by atoms with Crippen molar-refractivity contribution in [1.82, 2.24) is 4.57 Å². The van der Waals surface area contributed by atoms with E-state index in [1.165, 1.54) is 38.5 Å². The zero-order valence-electron chi connectivity index (χ0n) is 25.4. The van der Waals surface area contributed by atoms with Crippen molar-refractivity contribution in [2.75, 3.05) is 4.90 Å². The summed E-state index contributed by atoms with van der Waals surface area (Å²) < 4.78 is 2.36. The molecule has 0 fully saturated rings. The van der Waals surface area contributed by atoms with E-state index in [9.17, 15) is 0 Å². The maximum absolute atomic E-state index is 2.36. The molecule has 1 aromatic heterocycles. The Labute approximate surface area is 269 Å². The fourth-order valence-corrected chi connectivity index (χ4v) is 6.33. The minimum Gasteiger partial charge on any atom is -0.310 e. The van der Waals surface area contributed by atoms with Crippen LogP contribution in [-0.4, -0.2) is 4.57 Å². The summed E-state index contributed by atoms with van der Waals surface area (Å²) in [5.74, 6) is 0. The van der Waals surface area contributed by atoms with Gasteiger partial charge in [0.15, 0.2) is 0 Å². The second-order valence-electron chi connectivity index (χ2n) is 11.5. The van der Waals surface area contributed by atoms with Gasteiger partial charge in [-0.15, -0.1) is 0 Å². The smallest absolute Gasteiger partial charge is 0.0542 e. The van der Waals surface area contributed by atoms with Crippen molar-refractivity contribution in [2.24, 2.45) is 0 Å². The van der Waals surface area contributed by atoms with Gasteiger partial charge in [-0.2, -0.15) is 0 Å². The molecule has 0 N–H and O–H groups in total. The highest BCUT2D eigenvalue weighted by atomic mass is 15.1. The van der Waals surface area contributed by atoms with Gasteiger partial charge >= 0.3 is 0 Å². The lowest BCUT2D eigenvalue weighted by atomic mass is 10.0. The number of fused-ring (bicyclic) bond motifs is 3. The second-order valence-corrected chi connectivity index (χ2v) is 11.5. The van der Waals surface area contributed by atoms with E-state index in [0.29, 0.717) is 0 Å². The van der Waals surface area contributed by atoms with Gasteiger partial charge in [-0.3, -0.25) is 0 Å². The lowest BCUT2D eigenvalue weighted by molar-refractivity contribution is 1.18. The molecule has 0 unspecified atom stereocenters. The molecule has 218 valence electrons. The van der Waals surface area contributed by atoms with Gasteiger partial charge in [-0.05, 0) is 82.9 Å². The fourth-order valence-electron chi connectivity index (χ4n) is 6.33. The van der Waals surface area contributed by atoms with E-state index < -0.39 is 0 Å². The van der Waals surface area contributed by atoms with E-state index in [0.717, 1.165) is 28.3 Å². The normalized spacial score (nSPS) is 11.4. The van der Waals surface area contributed by atoms with Gasteiger partial charge in [0.05, 0.1) is 11.0 Å². The molecule has 0 atom stereocenters. The van der Waals surface area contributed by atoms with Crippen LogP contribution in [0.4, 0.5) is 17.1 Å². The summed E-state index contributed by atoms with van der Waals surface area (Å²) in [5, 5.41) is 2.47. The first-order valence-electron chi connectivity index (χ1n) is 15.7. The van der Waals surface area contributed by atoms with Crippen molar-refractivity contribution in [2.45, 2.75) is 0 Å². The molecule has 0 aliphatic rings. The van der Waals surface area contributed by atoms with Crippen molar-refractivity contribution >= 4 is 51.0 Å². The summed E-state index contributed by atoms with van der Waals surface area (Å²) >= 11 is 0. The van der Waals surface area contributed by atoms with E-state index in [2.05, 4.69) is 198 Å². The summed E-state index contributed by atoms with van der Waals surface area (Å²) in [5.41, 5.74) is 11.7. The Kier molecular flexibility index (Phi) is 7.22. The molecule has 0 saturated heterocycles. The quantitative estimate of drug-likeness (QED) is 0.168. The Morgan fingerprint density at radius 1 is 0.370 bits per heavy atom. The van der Waals surface area contributed by atoms with Crippen LogP contribution in [0.2, 0.25) is 0 Å². The third kappa shape index (κ3) is 5.27. The van der Waals surface area contributed by atoms with Crippen LogP contribution < -0.4 is 4.90 Å². The lowest BCUT2D eigenvalue weighted by Crippen LogP contribution is -2.10. The highest BCUT2D eigenvalue weighted by Gasteiger charge is 2.17. The summed E-state index contributed by atoms with van der Waals surface area (Å²) in [6, 6.07) is 64.8. The third-order valence-corrected chi connectivity index (χ3v) is 8.58. The van der Waals surface area contributed by atoms with E-state index in [1.54, 1.807) is 0 Å². The van der Waals surface area contributed by atoms with Crippen molar-refractivity contribution in [3.63, 3.8) is 0 Å². The Morgan fingerprint density at radius 3 is 1.57 bits per heavy atom. The maximum atomic E-state index is 2.36. The number of rotatable bonds is 7. The molecule has 0 bridgehead atoms. The number of aromatic nitrogens is 1. The van der Waals surface area contributed by atoms with Gasteiger partial charge in [0.1, 0.15) is 0 Å². The molecule has 0 radical (unpaired) electrons. The standard InChI is InChI=1S/C44H32N2/c1-4-12-33(13-5-1)20-21-34-22-26-38(27-23-34)45(39-28-24-36(25-29-39)35-14-6-2-7-15-35)40-30-31-44-42(32-40)41-18-10-11-19-43(41)46(44)37-16-8-3-9-17-37/h1-32H. The molecular formula is C44H32N2. The molecule has 0 amide bonds. The van der Waals surface area contributed by atoms with Gasteiger partial charge in [-0.1, -0.05) is 133 Å². The van der Waals surface area contributed by atoms with Crippen molar-refractivity contribution in [3.05, 3.63) is 193 Å². The Balaban J connectivity index is 1.25. The first-order valence-corrected chi connectivity index (χ1v) is 15.7. The SMILES string of the molecule is C(=Cc1ccc(N(c2ccc(-c3ccccc3)cc2)c2ccc3c(c2)c2ccccc2n3-c2ccccc2)cc1)c1ccccc1. The minimum absolute atomic E-state index is 1.11. The monoisotopic (exact) mass is 588 g/mol. The zero-order chi connectivity index (χ0) is 30.7. The summed E-state index contributed by atoms with van der Waals surface area (Å²) in [6.45, 7) is 0. The summed E-state index contributed by atoms with van der Waals surface area (Å²) in [7, 11) is 0. The molecule has 8 rings (SSSR count). The van der Waals surface area contributed by atoms with Crippen molar-refractivity contribution < 1.29 is 0 Å². The number of benzene rings is 7. The molecule has 7 aromatic carbocycles. The highest BCUT2D eigenvalue weighted by Crippen LogP contribution is 2.40. The number of hydrogen-bond acceptors (Lipinski definition) is 1. The van der Waals surface area contributed by atoms with Gasteiger partial charge in [0.2, 0.25) is 0 Å². The predicted molar refractivity (Wildman–Crippen MR) is 196 cm³/mol. The Hall–Kier alpha value is -6.12. The lowest BCUT2D eigenvalue weighted by Gasteiger charge is -2.26. The largest absolute Gasteiger partial charge is 0.310 e. The molecule has 2 heteroatoms. The van der Waals surface area contributed by atoms with Crippen LogP contribution in [0.25, 0.3) is 50.8 Å². The van der Waals surface area contributed by atoms with Crippen LogP contribution in [0.1, 0.15) is 11.1 Å². The first-order chi connectivity index (χ1) is 22.8. The first kappa shape index (κ1) is 27.4. The average molecular weight is 589 g/mol. The maximum Gasteiger partial charge on any atom is 0.0542 e. The highest BCUT2D eigenvalue weighted by molar-refractivity contribution is 6.10. The molecule has 0 saturated carbocycles. The summed E-state index contributed by atoms with van der Waals surface area (Å²) in [4.78, 5) is 2.35. The van der Waals surface area contributed by atoms with E-state index in [4.69, 9.17) is 0 Å². The number of anilines is 3. The average Bonchev–Trinajstić information content (AvgIpc) is 3.47.